The molecule has 1 unspecified atom stereocenters. The van der Waals surface area contributed by atoms with Crippen molar-refractivity contribution >= 4 is 17.6 Å². The summed E-state index contributed by atoms with van der Waals surface area (Å²) in [4.78, 5) is 9.24. The maximum absolute atomic E-state index is 9.24. The van der Waals surface area contributed by atoms with E-state index < -0.39 is 5.97 Å². The van der Waals surface area contributed by atoms with Crippen LogP contribution in [0.25, 0.3) is 0 Å². The molecule has 0 fully saturated rings. The first-order valence-electron chi connectivity index (χ1n) is 3.24. The summed E-state index contributed by atoms with van der Waals surface area (Å²) >= 11 is 4.74. The Morgan fingerprint density at radius 3 is 2.09 bits per heavy atom. The number of carboxylic acid groups (broad SMARTS) is 1. The molecule has 0 rings (SSSR count). The Labute approximate surface area is 71.0 Å². The fraction of sp³-hybridized carbons (Fsp3) is 0.833. The van der Waals surface area contributed by atoms with Crippen LogP contribution in [-0.2, 0) is 4.79 Å². The van der Waals surface area contributed by atoms with Gasteiger partial charge in [-0.15, -0.1) is 11.6 Å². The van der Waals surface area contributed by atoms with E-state index >= 15 is 0 Å². The average Bonchev–Trinajstić information content (AvgIpc) is 2.04. The van der Waals surface area contributed by atoms with Crippen molar-refractivity contribution in [3.05, 3.63) is 0 Å². The molecule has 0 amide bonds. The monoisotopic (exact) mass is 183 g/mol. The maximum Gasteiger partial charge on any atom is 0.318 e. The summed E-state index contributed by atoms with van der Waals surface area (Å²) in [7, 11) is 0. The van der Waals surface area contributed by atoms with Crippen molar-refractivity contribution in [3.8, 4) is 0 Å². The van der Waals surface area contributed by atoms with Gasteiger partial charge in [-0.1, -0.05) is 6.92 Å². The van der Waals surface area contributed by atoms with Crippen molar-refractivity contribution in [1.29, 1.82) is 0 Å². The van der Waals surface area contributed by atoms with Crippen LogP contribution in [0, 0.1) is 0 Å². The zero-order valence-electron chi connectivity index (χ0n) is 6.46. The Hall–Kier alpha value is -0.320. The van der Waals surface area contributed by atoms with E-state index in [2.05, 4.69) is 0 Å². The Balaban J connectivity index is 0. The molecular formula is C6H14ClNO3. The van der Waals surface area contributed by atoms with Gasteiger partial charge in [0.25, 0.3) is 0 Å². The van der Waals surface area contributed by atoms with Crippen molar-refractivity contribution in [3.63, 3.8) is 0 Å². The summed E-state index contributed by atoms with van der Waals surface area (Å²) < 4.78 is 0. The molecule has 11 heavy (non-hydrogen) atoms. The lowest BCUT2D eigenvalue weighted by molar-refractivity contribution is -0.134. The third kappa shape index (κ3) is 17.7. The van der Waals surface area contributed by atoms with Gasteiger partial charge < -0.3 is 15.9 Å². The quantitative estimate of drug-likeness (QED) is 0.539. The van der Waals surface area contributed by atoms with E-state index in [1.165, 1.54) is 0 Å². The molecule has 1 atom stereocenters. The van der Waals surface area contributed by atoms with Gasteiger partial charge >= 0.3 is 5.97 Å². The molecule has 0 aromatic rings. The molecule has 0 saturated carbocycles. The summed E-state index contributed by atoms with van der Waals surface area (Å²) in [6, 6.07) is 0. The van der Waals surface area contributed by atoms with E-state index in [9.17, 15) is 4.79 Å². The van der Waals surface area contributed by atoms with Gasteiger partial charge in [0.1, 0.15) is 5.88 Å². The molecule has 0 aromatic carbocycles. The molecule has 68 valence electrons. The van der Waals surface area contributed by atoms with Gasteiger partial charge in [0.05, 0.1) is 6.10 Å². The van der Waals surface area contributed by atoms with E-state index in [0.717, 1.165) is 6.42 Å². The van der Waals surface area contributed by atoms with Gasteiger partial charge in [-0.2, -0.15) is 0 Å². The Morgan fingerprint density at radius 1 is 1.73 bits per heavy atom. The number of hydrogen-bond donors (Lipinski definition) is 3. The SMILES string of the molecule is CCC(O)CN.O=C(O)CCl. The zero-order chi connectivity index (χ0) is 9.28. The fourth-order valence-corrected chi connectivity index (χ4v) is 0.167. The highest BCUT2D eigenvalue weighted by Gasteiger charge is 1.90. The molecule has 0 aliphatic rings. The number of hydrogen-bond acceptors (Lipinski definition) is 3. The highest BCUT2D eigenvalue weighted by atomic mass is 35.5. The van der Waals surface area contributed by atoms with E-state index in [1.807, 2.05) is 6.92 Å². The van der Waals surface area contributed by atoms with Crippen LogP contribution in [0.2, 0.25) is 0 Å². The molecule has 0 aromatic heterocycles. The summed E-state index contributed by atoms with van der Waals surface area (Å²) in [5, 5.41) is 16.1. The van der Waals surface area contributed by atoms with Crippen molar-refractivity contribution in [2.75, 3.05) is 12.4 Å². The second-order valence-electron chi connectivity index (χ2n) is 1.83. The maximum atomic E-state index is 9.24. The summed E-state index contributed by atoms with van der Waals surface area (Å²) in [5.74, 6) is -1.29. The van der Waals surface area contributed by atoms with Gasteiger partial charge in [0.2, 0.25) is 0 Å². The molecule has 4 N–H and O–H groups in total. The second-order valence-corrected chi connectivity index (χ2v) is 2.09. The van der Waals surface area contributed by atoms with Gasteiger partial charge in [-0.05, 0) is 6.42 Å². The van der Waals surface area contributed by atoms with Crippen molar-refractivity contribution < 1.29 is 15.0 Å². The van der Waals surface area contributed by atoms with E-state index in [4.69, 9.17) is 27.5 Å². The van der Waals surface area contributed by atoms with Crippen LogP contribution in [0.3, 0.4) is 0 Å². The number of aliphatic hydroxyl groups is 1. The predicted octanol–water partition coefficient (Wildman–Crippen LogP) is 0.0258. The van der Waals surface area contributed by atoms with Crippen molar-refractivity contribution in [1.82, 2.24) is 0 Å². The smallest absolute Gasteiger partial charge is 0.318 e. The van der Waals surface area contributed by atoms with Crippen LogP contribution in [0.4, 0.5) is 0 Å². The molecule has 5 heteroatoms. The van der Waals surface area contributed by atoms with Gasteiger partial charge in [-0.3, -0.25) is 4.79 Å². The first kappa shape index (κ1) is 13.3. The highest BCUT2D eigenvalue weighted by molar-refractivity contribution is 6.26. The molecule has 0 spiro atoms. The van der Waals surface area contributed by atoms with Crippen LogP contribution in [-0.4, -0.2) is 34.7 Å². The third-order valence-corrected chi connectivity index (χ3v) is 1.09. The number of rotatable bonds is 3. The second kappa shape index (κ2) is 9.68. The van der Waals surface area contributed by atoms with Crippen molar-refractivity contribution in [2.45, 2.75) is 19.4 Å². The molecule has 4 nitrogen and oxygen atoms in total. The van der Waals surface area contributed by atoms with Crippen LogP contribution < -0.4 is 5.73 Å². The topological polar surface area (TPSA) is 83.5 Å². The number of carbonyl (C=O) groups is 1. The molecule has 0 bridgehead atoms. The number of halogens is 1. The molecule has 0 radical (unpaired) electrons. The molecular weight excluding hydrogens is 170 g/mol. The van der Waals surface area contributed by atoms with E-state index in [0.29, 0.717) is 6.54 Å². The molecule has 0 aliphatic carbocycles. The zero-order valence-corrected chi connectivity index (χ0v) is 7.21. The van der Waals surface area contributed by atoms with Crippen LogP contribution in [0.15, 0.2) is 0 Å². The highest BCUT2D eigenvalue weighted by Crippen LogP contribution is 1.81. The van der Waals surface area contributed by atoms with Gasteiger partial charge in [0.15, 0.2) is 0 Å². The van der Waals surface area contributed by atoms with E-state index in [1.54, 1.807) is 0 Å². The summed E-state index contributed by atoms with van der Waals surface area (Å²) in [6.45, 7) is 2.29. The number of aliphatic hydroxyl groups excluding tert-OH is 1. The first-order valence-corrected chi connectivity index (χ1v) is 3.77. The van der Waals surface area contributed by atoms with Gasteiger partial charge in [0, 0.05) is 6.54 Å². The molecule has 0 heterocycles. The third-order valence-electron chi connectivity index (χ3n) is 0.858. The lowest BCUT2D eigenvalue weighted by Gasteiger charge is -1.98. The average molecular weight is 184 g/mol. The fourth-order valence-electron chi connectivity index (χ4n) is 0.167. The van der Waals surface area contributed by atoms with Crippen LogP contribution >= 0.6 is 11.6 Å². The van der Waals surface area contributed by atoms with Gasteiger partial charge in [-0.25, -0.2) is 0 Å². The standard InChI is InChI=1S/C4H11NO.C2H3ClO2/c1-2-4(6)3-5;3-1-2(4)5/h4,6H,2-3,5H2,1H3;1H2,(H,4,5). The van der Waals surface area contributed by atoms with E-state index in [-0.39, 0.29) is 12.0 Å². The number of aliphatic carboxylic acids is 1. The lowest BCUT2D eigenvalue weighted by Crippen LogP contribution is -2.17. The largest absolute Gasteiger partial charge is 0.480 e. The predicted molar refractivity (Wildman–Crippen MR) is 43.7 cm³/mol. The minimum atomic E-state index is -0.980. The minimum Gasteiger partial charge on any atom is -0.480 e. The number of alkyl halides is 1. The Morgan fingerprint density at radius 2 is 2.09 bits per heavy atom. The number of carboxylic acids is 1. The van der Waals surface area contributed by atoms with Crippen molar-refractivity contribution in [2.24, 2.45) is 5.73 Å². The normalized spacial score (nSPS) is 11.3. The molecule has 0 aliphatic heterocycles. The summed E-state index contributed by atoms with van der Waals surface area (Å²) in [5.41, 5.74) is 5.03. The molecule has 0 saturated heterocycles. The minimum absolute atomic E-state index is 0.287. The first-order chi connectivity index (χ1) is 5.08. The summed E-state index contributed by atoms with van der Waals surface area (Å²) in [6.07, 6.45) is 0.473. The Kier molecular flexibility index (Phi) is 11.7. The number of nitrogens with two attached hydrogens (primary N) is 1. The lowest BCUT2D eigenvalue weighted by atomic mass is 10.3. The van der Waals surface area contributed by atoms with Crippen LogP contribution in [0.1, 0.15) is 13.3 Å². The van der Waals surface area contributed by atoms with Crippen LogP contribution in [0.5, 0.6) is 0 Å². The Bertz CT molecular complexity index is 95.8.